The number of piperazine rings is 1. The molecule has 0 bridgehead atoms. The monoisotopic (exact) mass is 305 g/mol. The van der Waals surface area contributed by atoms with Gasteiger partial charge in [0.2, 0.25) is 18.2 Å². The lowest BCUT2D eigenvalue weighted by Crippen LogP contribution is -2.48. The Kier molecular flexibility index (Phi) is 5.35. The van der Waals surface area contributed by atoms with Crippen molar-refractivity contribution < 1.29 is 19.1 Å². The van der Waals surface area contributed by atoms with Crippen molar-refractivity contribution in [1.82, 2.24) is 9.80 Å². The molecule has 22 heavy (non-hydrogen) atoms. The van der Waals surface area contributed by atoms with Crippen LogP contribution < -0.4 is 10.1 Å². The summed E-state index contributed by atoms with van der Waals surface area (Å²) in [5, 5.41) is 2.67. The molecule has 3 amide bonds. The molecule has 1 aromatic rings. The number of methoxy groups -OCH3 is 1. The number of hydrogen-bond donors (Lipinski definition) is 1. The Balaban J connectivity index is 1.83. The molecule has 0 unspecified atom stereocenters. The Bertz CT molecular complexity index is 553. The Morgan fingerprint density at radius 2 is 2.00 bits per heavy atom. The van der Waals surface area contributed by atoms with Crippen LogP contribution in [-0.2, 0) is 14.4 Å². The number of nitrogens with one attached hydrogen (secondary N) is 1. The molecule has 118 valence electrons. The quantitative estimate of drug-likeness (QED) is 0.628. The van der Waals surface area contributed by atoms with Gasteiger partial charge in [-0.05, 0) is 12.1 Å². The minimum absolute atomic E-state index is 0.210. The molecule has 1 heterocycles. The van der Waals surface area contributed by atoms with E-state index in [1.807, 2.05) is 0 Å². The van der Waals surface area contributed by atoms with Gasteiger partial charge >= 0.3 is 0 Å². The van der Waals surface area contributed by atoms with Gasteiger partial charge in [-0.2, -0.15) is 0 Å². The third-order valence-corrected chi connectivity index (χ3v) is 3.48. The number of rotatable bonds is 5. The maximum atomic E-state index is 12.1. The first-order valence-corrected chi connectivity index (χ1v) is 7.03. The molecule has 7 nitrogen and oxygen atoms in total. The van der Waals surface area contributed by atoms with Gasteiger partial charge in [0, 0.05) is 37.9 Å². The lowest BCUT2D eigenvalue weighted by Gasteiger charge is -2.32. The second kappa shape index (κ2) is 7.44. The maximum absolute atomic E-state index is 12.1. The van der Waals surface area contributed by atoms with Crippen molar-refractivity contribution in [3.8, 4) is 5.75 Å². The summed E-state index contributed by atoms with van der Waals surface area (Å²) < 4.78 is 5.07. The number of carbonyl (C=O) groups is 3. The first-order chi connectivity index (χ1) is 10.6. The van der Waals surface area contributed by atoms with Crippen LogP contribution in [0, 0.1) is 0 Å². The fourth-order valence-electron chi connectivity index (χ4n) is 2.23. The lowest BCUT2D eigenvalue weighted by molar-refractivity contribution is -0.137. The van der Waals surface area contributed by atoms with Crippen molar-refractivity contribution in [2.45, 2.75) is 6.42 Å². The molecule has 0 saturated carbocycles. The zero-order valence-corrected chi connectivity index (χ0v) is 12.4. The highest BCUT2D eigenvalue weighted by Gasteiger charge is 2.22. The molecule has 2 rings (SSSR count). The highest BCUT2D eigenvalue weighted by Crippen LogP contribution is 2.16. The zero-order valence-electron chi connectivity index (χ0n) is 12.4. The van der Waals surface area contributed by atoms with E-state index in [-0.39, 0.29) is 18.2 Å². The molecule has 0 spiro atoms. The molecule has 1 N–H and O–H groups in total. The summed E-state index contributed by atoms with van der Waals surface area (Å²) in [5.74, 6) is 0.0381. The number of amides is 3. The second-order valence-corrected chi connectivity index (χ2v) is 4.98. The van der Waals surface area contributed by atoms with Crippen LogP contribution in [0.15, 0.2) is 24.3 Å². The van der Waals surface area contributed by atoms with Gasteiger partial charge in [-0.1, -0.05) is 6.07 Å². The standard InChI is InChI=1S/C15H19N3O4/c1-22-13-4-2-3-12(9-13)16-14(20)10-15(21)18-7-5-17(11-19)6-8-18/h2-4,9,11H,5-8,10H2,1H3,(H,16,20). The molecule has 0 aliphatic carbocycles. The average Bonchev–Trinajstić information content (AvgIpc) is 2.55. The fraction of sp³-hybridized carbons (Fsp3) is 0.400. The van der Waals surface area contributed by atoms with Crippen molar-refractivity contribution in [1.29, 1.82) is 0 Å². The normalized spacial score (nSPS) is 14.4. The molecule has 7 heteroatoms. The van der Waals surface area contributed by atoms with E-state index in [4.69, 9.17) is 4.74 Å². The number of anilines is 1. The van der Waals surface area contributed by atoms with Gasteiger partial charge in [0.25, 0.3) is 0 Å². The minimum atomic E-state index is -0.365. The summed E-state index contributed by atoms with van der Waals surface area (Å²) in [4.78, 5) is 37.8. The SMILES string of the molecule is COc1cccc(NC(=O)CC(=O)N2CCN(C=O)CC2)c1. The molecule has 1 fully saturated rings. The highest BCUT2D eigenvalue weighted by molar-refractivity contribution is 6.03. The van der Waals surface area contributed by atoms with Crippen LogP contribution in [0.3, 0.4) is 0 Å². The topological polar surface area (TPSA) is 79.0 Å². The zero-order chi connectivity index (χ0) is 15.9. The summed E-state index contributed by atoms with van der Waals surface area (Å²) in [5.41, 5.74) is 0.586. The molecule has 1 aliphatic heterocycles. The molecular weight excluding hydrogens is 286 g/mol. The van der Waals surface area contributed by atoms with Gasteiger partial charge in [-0.3, -0.25) is 14.4 Å². The van der Waals surface area contributed by atoms with Crippen LogP contribution >= 0.6 is 0 Å². The largest absolute Gasteiger partial charge is 0.497 e. The number of nitrogens with zero attached hydrogens (tertiary/aromatic N) is 2. The van der Waals surface area contributed by atoms with Gasteiger partial charge in [0.05, 0.1) is 7.11 Å². The predicted molar refractivity (Wildman–Crippen MR) is 80.5 cm³/mol. The van der Waals surface area contributed by atoms with Crippen molar-refractivity contribution in [3.05, 3.63) is 24.3 Å². The first kappa shape index (κ1) is 15.8. The lowest BCUT2D eigenvalue weighted by atomic mass is 10.2. The number of hydrogen-bond acceptors (Lipinski definition) is 4. The Morgan fingerprint density at radius 3 is 2.64 bits per heavy atom. The first-order valence-electron chi connectivity index (χ1n) is 7.03. The van der Waals surface area contributed by atoms with Crippen LogP contribution in [0.1, 0.15) is 6.42 Å². The number of benzene rings is 1. The highest BCUT2D eigenvalue weighted by atomic mass is 16.5. The van der Waals surface area contributed by atoms with Crippen molar-refractivity contribution >= 4 is 23.9 Å². The molecule has 1 aliphatic rings. The molecule has 0 atom stereocenters. The number of ether oxygens (including phenoxy) is 1. The van der Waals surface area contributed by atoms with Crippen LogP contribution in [0.5, 0.6) is 5.75 Å². The molecule has 0 radical (unpaired) electrons. The number of carbonyl (C=O) groups excluding carboxylic acids is 3. The minimum Gasteiger partial charge on any atom is -0.497 e. The Morgan fingerprint density at radius 1 is 1.27 bits per heavy atom. The Hall–Kier alpha value is -2.57. The van der Waals surface area contributed by atoms with Crippen LogP contribution in [0.25, 0.3) is 0 Å². The summed E-state index contributed by atoms with van der Waals surface area (Å²) in [6.07, 6.45) is 0.565. The van der Waals surface area contributed by atoms with E-state index in [1.165, 1.54) is 0 Å². The van der Waals surface area contributed by atoms with Gasteiger partial charge in [-0.15, -0.1) is 0 Å². The van der Waals surface area contributed by atoms with E-state index in [0.29, 0.717) is 37.6 Å². The third-order valence-electron chi connectivity index (χ3n) is 3.48. The van der Waals surface area contributed by atoms with E-state index < -0.39 is 0 Å². The van der Waals surface area contributed by atoms with E-state index in [9.17, 15) is 14.4 Å². The Labute approximate surface area is 128 Å². The predicted octanol–water partition coefficient (Wildman–Crippen LogP) is 0.324. The van der Waals surface area contributed by atoms with E-state index in [0.717, 1.165) is 6.41 Å². The molecular formula is C15H19N3O4. The second-order valence-electron chi connectivity index (χ2n) is 4.98. The van der Waals surface area contributed by atoms with Gasteiger partial charge in [-0.25, -0.2) is 0 Å². The van der Waals surface area contributed by atoms with E-state index >= 15 is 0 Å². The van der Waals surface area contributed by atoms with E-state index in [2.05, 4.69) is 5.32 Å². The third kappa shape index (κ3) is 4.21. The van der Waals surface area contributed by atoms with Crippen molar-refractivity contribution in [3.63, 3.8) is 0 Å². The van der Waals surface area contributed by atoms with Gasteiger partial charge in [0.15, 0.2) is 0 Å². The maximum Gasteiger partial charge on any atom is 0.233 e. The van der Waals surface area contributed by atoms with E-state index in [1.54, 1.807) is 41.2 Å². The molecule has 1 saturated heterocycles. The molecule has 1 aromatic carbocycles. The van der Waals surface area contributed by atoms with Crippen molar-refractivity contribution in [2.75, 3.05) is 38.6 Å². The smallest absolute Gasteiger partial charge is 0.233 e. The van der Waals surface area contributed by atoms with Gasteiger partial charge < -0.3 is 19.9 Å². The molecule has 0 aromatic heterocycles. The summed E-state index contributed by atoms with van der Waals surface area (Å²) in [7, 11) is 1.55. The van der Waals surface area contributed by atoms with Crippen LogP contribution in [0.2, 0.25) is 0 Å². The fourth-order valence-corrected chi connectivity index (χ4v) is 2.23. The summed E-state index contributed by atoms with van der Waals surface area (Å²) in [6, 6.07) is 6.95. The van der Waals surface area contributed by atoms with Crippen LogP contribution in [-0.4, -0.2) is 61.3 Å². The summed E-state index contributed by atoms with van der Waals surface area (Å²) in [6.45, 7) is 1.94. The van der Waals surface area contributed by atoms with Crippen molar-refractivity contribution in [2.24, 2.45) is 0 Å². The van der Waals surface area contributed by atoms with Gasteiger partial charge in [0.1, 0.15) is 12.2 Å². The summed E-state index contributed by atoms with van der Waals surface area (Å²) >= 11 is 0. The van der Waals surface area contributed by atoms with Crippen LogP contribution in [0.4, 0.5) is 5.69 Å². The average molecular weight is 305 g/mol.